The lowest BCUT2D eigenvalue weighted by Crippen LogP contribution is -2.34. The van der Waals surface area contributed by atoms with Gasteiger partial charge in [-0.15, -0.1) is 0 Å². The zero-order valence-electron chi connectivity index (χ0n) is 10.3. The molecule has 0 saturated carbocycles. The number of carbonyl (C=O) groups excluding carboxylic acids is 1. The Labute approximate surface area is 106 Å². The minimum absolute atomic E-state index is 0.254. The summed E-state index contributed by atoms with van der Waals surface area (Å²) >= 11 is 1.39. The molecule has 0 aromatic rings. The van der Waals surface area contributed by atoms with Crippen molar-refractivity contribution in [2.24, 2.45) is 5.73 Å². The number of hydrogen-bond acceptors (Lipinski definition) is 7. The lowest BCUT2D eigenvalue weighted by Gasteiger charge is -2.12. The Morgan fingerprint density at radius 1 is 1.35 bits per heavy atom. The van der Waals surface area contributed by atoms with Gasteiger partial charge in [-0.25, -0.2) is 0 Å². The molecule has 0 aliphatic rings. The van der Waals surface area contributed by atoms with E-state index in [1.807, 2.05) is 0 Å². The zero-order chi connectivity index (χ0) is 13.1. The second kappa shape index (κ2) is 10.8. The van der Waals surface area contributed by atoms with E-state index in [1.165, 1.54) is 18.9 Å². The van der Waals surface area contributed by atoms with Gasteiger partial charge in [-0.05, 0) is 0 Å². The van der Waals surface area contributed by atoms with Crippen molar-refractivity contribution in [3.8, 4) is 0 Å². The van der Waals surface area contributed by atoms with E-state index in [0.717, 1.165) is 0 Å². The predicted octanol–water partition coefficient (Wildman–Crippen LogP) is -0.756. The molecule has 6 nitrogen and oxygen atoms in total. The molecular weight excluding hydrogens is 246 g/mol. The first-order valence-electron chi connectivity index (χ1n) is 5.27. The highest BCUT2D eigenvalue weighted by Gasteiger charge is 2.14. The van der Waals surface area contributed by atoms with E-state index in [2.05, 4.69) is 4.74 Å². The molecule has 3 N–H and O–H groups in total. The Balaban J connectivity index is 3.44. The van der Waals surface area contributed by atoms with E-state index in [-0.39, 0.29) is 6.61 Å². The van der Waals surface area contributed by atoms with Crippen LogP contribution in [0.5, 0.6) is 0 Å². The summed E-state index contributed by atoms with van der Waals surface area (Å²) in [7, 11) is 2.88. The molecule has 0 bridgehead atoms. The minimum atomic E-state index is -0.647. The summed E-state index contributed by atoms with van der Waals surface area (Å²) in [6, 6.07) is -0.647. The molecule has 0 rings (SSSR count). The van der Waals surface area contributed by atoms with Crippen LogP contribution in [0, 0.1) is 0 Å². The Kier molecular flexibility index (Phi) is 10.6. The molecule has 0 aromatic carbocycles. The Hall–Kier alpha value is -0.340. The Morgan fingerprint density at radius 3 is 2.65 bits per heavy atom. The summed E-state index contributed by atoms with van der Waals surface area (Å²) in [6.45, 7) is 1.22. The van der Waals surface area contributed by atoms with E-state index in [1.54, 1.807) is 7.11 Å². The van der Waals surface area contributed by atoms with E-state index < -0.39 is 18.1 Å². The summed E-state index contributed by atoms with van der Waals surface area (Å²) in [5.41, 5.74) is 5.53. The molecule has 0 aliphatic carbocycles. The maximum absolute atomic E-state index is 11.0. The number of esters is 1. The van der Waals surface area contributed by atoms with Crippen LogP contribution < -0.4 is 5.73 Å². The second-order valence-electron chi connectivity index (χ2n) is 3.39. The van der Waals surface area contributed by atoms with Crippen LogP contribution in [0.3, 0.4) is 0 Å². The molecule has 2 atom stereocenters. The van der Waals surface area contributed by atoms with Crippen LogP contribution >= 0.6 is 11.8 Å². The summed E-state index contributed by atoms with van der Waals surface area (Å²) in [5.74, 6) is 0.447. The number of methoxy groups -OCH3 is 2. The van der Waals surface area contributed by atoms with Gasteiger partial charge in [-0.3, -0.25) is 4.79 Å². The van der Waals surface area contributed by atoms with Crippen LogP contribution in [-0.2, 0) is 19.0 Å². The van der Waals surface area contributed by atoms with Crippen molar-refractivity contribution >= 4 is 17.7 Å². The molecule has 0 aromatic heterocycles. The fourth-order valence-electron chi connectivity index (χ4n) is 0.960. The van der Waals surface area contributed by atoms with Gasteiger partial charge in [-0.2, -0.15) is 11.8 Å². The Morgan fingerprint density at radius 2 is 2.06 bits per heavy atom. The maximum atomic E-state index is 11.0. The lowest BCUT2D eigenvalue weighted by molar-refractivity contribution is -0.141. The van der Waals surface area contributed by atoms with Gasteiger partial charge in [0.1, 0.15) is 6.04 Å². The highest BCUT2D eigenvalue weighted by molar-refractivity contribution is 7.99. The number of hydrogen-bond donors (Lipinski definition) is 2. The number of ether oxygens (including phenoxy) is 3. The van der Waals surface area contributed by atoms with E-state index >= 15 is 0 Å². The first kappa shape index (κ1) is 16.7. The molecule has 2 unspecified atom stereocenters. The standard InChI is InChI=1S/C10H21NO5S/c1-14-3-4-16-5-8(12)6-17-7-9(11)10(13)15-2/h8-9,12H,3-7,11H2,1-2H3. The average molecular weight is 267 g/mol. The van der Waals surface area contributed by atoms with Crippen molar-refractivity contribution in [3.05, 3.63) is 0 Å². The van der Waals surface area contributed by atoms with Gasteiger partial charge in [0.25, 0.3) is 0 Å². The first-order chi connectivity index (χ1) is 8.11. The molecule has 0 fully saturated rings. The third kappa shape index (κ3) is 9.37. The number of carbonyl (C=O) groups is 1. The average Bonchev–Trinajstić information content (AvgIpc) is 2.33. The molecule has 0 amide bonds. The second-order valence-corrected chi connectivity index (χ2v) is 4.46. The quantitative estimate of drug-likeness (QED) is 0.397. The molecule has 0 radical (unpaired) electrons. The summed E-state index contributed by atoms with van der Waals surface area (Å²) < 4.78 is 14.4. The van der Waals surface area contributed by atoms with Crippen molar-refractivity contribution in [1.29, 1.82) is 0 Å². The third-order valence-corrected chi connectivity index (χ3v) is 3.07. The maximum Gasteiger partial charge on any atom is 0.323 e. The molecule has 102 valence electrons. The van der Waals surface area contributed by atoms with Crippen LogP contribution in [0.15, 0.2) is 0 Å². The van der Waals surface area contributed by atoms with Gasteiger partial charge < -0.3 is 25.1 Å². The van der Waals surface area contributed by atoms with Gasteiger partial charge in [-0.1, -0.05) is 0 Å². The van der Waals surface area contributed by atoms with Crippen LogP contribution in [-0.4, -0.2) is 68.8 Å². The smallest absolute Gasteiger partial charge is 0.323 e. The molecule has 7 heteroatoms. The van der Waals surface area contributed by atoms with Gasteiger partial charge in [0.15, 0.2) is 0 Å². The summed E-state index contributed by atoms with van der Waals surface area (Å²) in [6.07, 6.45) is -0.568. The first-order valence-corrected chi connectivity index (χ1v) is 6.43. The normalized spacial score (nSPS) is 14.4. The molecule has 0 saturated heterocycles. The fourth-order valence-corrected chi connectivity index (χ4v) is 1.85. The highest BCUT2D eigenvalue weighted by atomic mass is 32.2. The van der Waals surface area contributed by atoms with Crippen molar-refractivity contribution in [2.75, 3.05) is 45.5 Å². The molecule has 17 heavy (non-hydrogen) atoms. The summed E-state index contributed by atoms with van der Waals surface area (Å²) in [5, 5.41) is 9.51. The largest absolute Gasteiger partial charge is 0.468 e. The predicted molar refractivity (Wildman–Crippen MR) is 66.0 cm³/mol. The molecule has 0 spiro atoms. The monoisotopic (exact) mass is 267 g/mol. The van der Waals surface area contributed by atoms with Crippen molar-refractivity contribution in [1.82, 2.24) is 0 Å². The topological polar surface area (TPSA) is 91.0 Å². The van der Waals surface area contributed by atoms with Gasteiger partial charge in [0.05, 0.1) is 33.0 Å². The number of aliphatic hydroxyl groups excluding tert-OH is 1. The number of thioether (sulfide) groups is 1. The molecule has 0 aliphatic heterocycles. The Bertz CT molecular complexity index is 205. The van der Waals surface area contributed by atoms with Crippen LogP contribution in [0.25, 0.3) is 0 Å². The van der Waals surface area contributed by atoms with E-state index in [4.69, 9.17) is 15.2 Å². The third-order valence-electron chi connectivity index (χ3n) is 1.85. The van der Waals surface area contributed by atoms with Crippen molar-refractivity contribution in [3.63, 3.8) is 0 Å². The van der Waals surface area contributed by atoms with Gasteiger partial charge >= 0.3 is 5.97 Å². The van der Waals surface area contributed by atoms with Crippen molar-refractivity contribution in [2.45, 2.75) is 12.1 Å². The summed E-state index contributed by atoms with van der Waals surface area (Å²) in [4.78, 5) is 11.0. The van der Waals surface area contributed by atoms with E-state index in [0.29, 0.717) is 24.7 Å². The van der Waals surface area contributed by atoms with Crippen molar-refractivity contribution < 1.29 is 24.1 Å². The van der Waals surface area contributed by atoms with Crippen LogP contribution in [0.2, 0.25) is 0 Å². The number of nitrogens with two attached hydrogens (primary N) is 1. The number of rotatable bonds is 10. The lowest BCUT2D eigenvalue weighted by atomic mass is 10.4. The SMILES string of the molecule is COCCOCC(O)CSCC(N)C(=O)OC. The van der Waals surface area contributed by atoms with Crippen LogP contribution in [0.1, 0.15) is 0 Å². The van der Waals surface area contributed by atoms with E-state index in [9.17, 15) is 9.90 Å². The van der Waals surface area contributed by atoms with Gasteiger partial charge in [0, 0.05) is 18.6 Å². The highest BCUT2D eigenvalue weighted by Crippen LogP contribution is 2.05. The minimum Gasteiger partial charge on any atom is -0.468 e. The van der Waals surface area contributed by atoms with Crippen LogP contribution in [0.4, 0.5) is 0 Å². The molecular formula is C10H21NO5S. The van der Waals surface area contributed by atoms with Gasteiger partial charge in [0.2, 0.25) is 0 Å². The zero-order valence-corrected chi connectivity index (χ0v) is 11.1. The molecule has 0 heterocycles. The number of aliphatic hydroxyl groups is 1. The fraction of sp³-hybridized carbons (Fsp3) is 0.900.